The van der Waals surface area contributed by atoms with Crippen LogP contribution in [0.25, 0.3) is 22.0 Å². The average Bonchev–Trinajstić information content (AvgIpc) is 3.40. The number of amides is 1. The largest absolute Gasteiger partial charge is 0.339 e. The molecule has 138 valence electrons. The number of thiazole rings is 1. The first kappa shape index (κ1) is 18.0. The van der Waals surface area contributed by atoms with Crippen molar-refractivity contribution < 1.29 is 9.32 Å². The van der Waals surface area contributed by atoms with Gasteiger partial charge in [-0.15, -0.1) is 34.0 Å². The van der Waals surface area contributed by atoms with Gasteiger partial charge in [0, 0.05) is 33.5 Å². The van der Waals surface area contributed by atoms with Crippen molar-refractivity contribution >= 4 is 45.0 Å². The molecular weight excluding hydrogens is 400 g/mol. The number of rotatable bonds is 6. The molecule has 0 radical (unpaired) electrons. The Labute approximate surface area is 167 Å². The van der Waals surface area contributed by atoms with Gasteiger partial charge >= 0.3 is 0 Å². The van der Waals surface area contributed by atoms with Crippen LogP contribution < -0.4 is 5.32 Å². The van der Waals surface area contributed by atoms with Gasteiger partial charge < -0.3 is 9.84 Å². The third-order valence-electron chi connectivity index (χ3n) is 3.84. The lowest BCUT2D eigenvalue weighted by Gasteiger charge is -1.99. The van der Waals surface area contributed by atoms with E-state index in [0.717, 1.165) is 16.1 Å². The van der Waals surface area contributed by atoms with Crippen LogP contribution >= 0.6 is 34.0 Å². The first-order chi connectivity index (χ1) is 13.1. The Morgan fingerprint density at radius 2 is 2.15 bits per heavy atom. The van der Waals surface area contributed by atoms with E-state index in [-0.39, 0.29) is 12.3 Å². The quantitative estimate of drug-likeness (QED) is 0.469. The molecule has 4 aromatic rings. The van der Waals surface area contributed by atoms with E-state index in [1.807, 2.05) is 22.9 Å². The highest BCUT2D eigenvalue weighted by molar-refractivity contribution is 7.14. The van der Waals surface area contributed by atoms with Gasteiger partial charge in [-0.25, -0.2) is 4.98 Å². The lowest BCUT2D eigenvalue weighted by Crippen LogP contribution is -2.12. The summed E-state index contributed by atoms with van der Waals surface area (Å²) in [6.07, 6.45) is 0.656. The van der Waals surface area contributed by atoms with E-state index in [1.165, 1.54) is 21.1 Å². The maximum atomic E-state index is 12.2. The minimum atomic E-state index is -0.120. The molecule has 1 N–H and O–H groups in total. The molecule has 0 saturated heterocycles. The summed E-state index contributed by atoms with van der Waals surface area (Å²) in [5, 5.41) is 11.3. The van der Waals surface area contributed by atoms with Crippen molar-refractivity contribution in [3.05, 3.63) is 44.6 Å². The molecule has 27 heavy (non-hydrogen) atoms. The minimum Gasteiger partial charge on any atom is -0.339 e. The zero-order chi connectivity index (χ0) is 18.8. The zero-order valence-electron chi connectivity index (χ0n) is 14.7. The third-order valence-corrected chi connectivity index (χ3v) is 6.43. The minimum absolute atomic E-state index is 0.120. The number of anilines is 1. The molecule has 9 heteroatoms. The van der Waals surface area contributed by atoms with E-state index < -0.39 is 0 Å². The summed E-state index contributed by atoms with van der Waals surface area (Å²) < 4.78 is 5.22. The summed E-state index contributed by atoms with van der Waals surface area (Å²) in [7, 11) is 0. The van der Waals surface area contributed by atoms with Gasteiger partial charge in [-0.2, -0.15) is 4.98 Å². The van der Waals surface area contributed by atoms with Gasteiger partial charge in [0.05, 0.1) is 10.6 Å². The molecule has 0 unspecified atom stereocenters. The van der Waals surface area contributed by atoms with Crippen molar-refractivity contribution in [1.82, 2.24) is 15.1 Å². The first-order valence-corrected chi connectivity index (χ1v) is 10.9. The monoisotopic (exact) mass is 416 g/mol. The molecule has 0 aliphatic carbocycles. The molecule has 0 aliphatic heterocycles. The summed E-state index contributed by atoms with van der Waals surface area (Å²) in [5.74, 6) is 0.897. The number of hydrogen-bond acceptors (Lipinski definition) is 8. The van der Waals surface area contributed by atoms with Gasteiger partial charge in [0.15, 0.2) is 5.13 Å². The summed E-state index contributed by atoms with van der Waals surface area (Å²) >= 11 is 4.72. The van der Waals surface area contributed by atoms with Gasteiger partial charge in [0.25, 0.3) is 0 Å². The first-order valence-electron chi connectivity index (χ1n) is 8.28. The van der Waals surface area contributed by atoms with Crippen molar-refractivity contribution in [2.45, 2.75) is 26.7 Å². The van der Waals surface area contributed by atoms with Crippen LogP contribution in [0.3, 0.4) is 0 Å². The molecule has 0 aromatic carbocycles. The number of nitrogens with one attached hydrogen (secondary N) is 1. The number of hydrogen-bond donors (Lipinski definition) is 1. The average molecular weight is 417 g/mol. The molecular formula is C18H16N4O2S3. The Morgan fingerprint density at radius 3 is 2.89 bits per heavy atom. The Hall–Kier alpha value is -2.36. The highest BCUT2D eigenvalue weighted by Gasteiger charge is 2.14. The smallest absolute Gasteiger partial charge is 0.227 e. The number of carbonyl (C=O) groups excluding carboxylic acids is 1. The van der Waals surface area contributed by atoms with Gasteiger partial charge in [0.2, 0.25) is 17.6 Å². The Balaban J connectivity index is 1.34. The summed E-state index contributed by atoms with van der Waals surface area (Å²) in [5.41, 5.74) is 2.02. The van der Waals surface area contributed by atoms with E-state index in [0.29, 0.717) is 23.3 Å². The molecule has 0 aliphatic rings. The highest BCUT2D eigenvalue weighted by Crippen LogP contribution is 2.32. The second-order valence-electron chi connectivity index (χ2n) is 5.90. The number of aryl methyl sites for hydroxylation is 3. The topological polar surface area (TPSA) is 80.9 Å². The van der Waals surface area contributed by atoms with Crippen LogP contribution in [0.15, 0.2) is 33.5 Å². The van der Waals surface area contributed by atoms with Gasteiger partial charge in [-0.3, -0.25) is 4.79 Å². The van der Waals surface area contributed by atoms with Gasteiger partial charge in [-0.1, -0.05) is 11.2 Å². The predicted octanol–water partition coefficient (Wildman–Crippen LogP) is 5.17. The Morgan fingerprint density at radius 1 is 1.26 bits per heavy atom. The van der Waals surface area contributed by atoms with Crippen LogP contribution in [0.4, 0.5) is 5.13 Å². The van der Waals surface area contributed by atoms with Gasteiger partial charge in [-0.05, 0) is 31.4 Å². The Kier molecular flexibility index (Phi) is 5.15. The fraction of sp³-hybridized carbons (Fsp3) is 0.222. The fourth-order valence-corrected chi connectivity index (χ4v) is 4.91. The van der Waals surface area contributed by atoms with Crippen LogP contribution in [-0.2, 0) is 11.2 Å². The van der Waals surface area contributed by atoms with Crippen LogP contribution in [0, 0.1) is 13.8 Å². The van der Waals surface area contributed by atoms with Crippen molar-refractivity contribution in [3.8, 4) is 22.0 Å². The number of thiophene rings is 2. The number of aromatic nitrogens is 3. The van der Waals surface area contributed by atoms with Crippen molar-refractivity contribution in [3.63, 3.8) is 0 Å². The molecule has 0 saturated carbocycles. The highest BCUT2D eigenvalue weighted by atomic mass is 32.1. The second kappa shape index (κ2) is 7.71. The van der Waals surface area contributed by atoms with Crippen molar-refractivity contribution in [2.24, 2.45) is 0 Å². The predicted molar refractivity (Wildman–Crippen MR) is 109 cm³/mol. The molecule has 4 aromatic heterocycles. The van der Waals surface area contributed by atoms with E-state index in [4.69, 9.17) is 4.52 Å². The van der Waals surface area contributed by atoms with Crippen LogP contribution in [0.2, 0.25) is 0 Å². The summed E-state index contributed by atoms with van der Waals surface area (Å²) in [4.78, 5) is 24.5. The van der Waals surface area contributed by atoms with E-state index >= 15 is 0 Å². The molecule has 4 rings (SSSR count). The molecule has 0 bridgehead atoms. The van der Waals surface area contributed by atoms with Crippen LogP contribution in [0.5, 0.6) is 0 Å². The maximum Gasteiger partial charge on any atom is 0.227 e. The molecule has 1 amide bonds. The second-order valence-corrected chi connectivity index (χ2v) is 9.17. The number of nitrogens with zero attached hydrogens (tertiary/aromatic N) is 3. The van der Waals surface area contributed by atoms with E-state index in [1.54, 1.807) is 22.7 Å². The normalized spacial score (nSPS) is 11.0. The zero-order valence-corrected chi connectivity index (χ0v) is 17.1. The molecule has 6 nitrogen and oxygen atoms in total. The van der Waals surface area contributed by atoms with Crippen molar-refractivity contribution in [1.29, 1.82) is 0 Å². The lowest BCUT2D eigenvalue weighted by molar-refractivity contribution is -0.116. The van der Waals surface area contributed by atoms with E-state index in [2.05, 4.69) is 40.4 Å². The fourth-order valence-electron chi connectivity index (χ4n) is 2.60. The molecule has 0 fully saturated rings. The molecule has 0 atom stereocenters. The standard InChI is InChI=1S/C18H16N4O2S3/c1-10-8-12(11(2)27-10)13-9-26-18(19-13)20-15(23)5-6-16-21-17(22-24-16)14-4-3-7-25-14/h3-4,7-9H,5-6H2,1-2H3,(H,19,20,23). The Bertz CT molecular complexity index is 1060. The molecule has 4 heterocycles. The van der Waals surface area contributed by atoms with E-state index in [9.17, 15) is 4.79 Å². The summed E-state index contributed by atoms with van der Waals surface area (Å²) in [6, 6.07) is 5.99. The summed E-state index contributed by atoms with van der Waals surface area (Å²) in [6.45, 7) is 4.16. The van der Waals surface area contributed by atoms with Crippen LogP contribution in [0.1, 0.15) is 22.1 Å². The third kappa shape index (κ3) is 4.15. The lowest BCUT2D eigenvalue weighted by atomic mass is 10.2. The number of carbonyl (C=O) groups is 1. The molecule has 0 spiro atoms. The maximum absolute atomic E-state index is 12.2. The van der Waals surface area contributed by atoms with Gasteiger partial charge in [0.1, 0.15) is 0 Å². The SMILES string of the molecule is Cc1cc(-c2csc(NC(=O)CCc3nc(-c4cccs4)no3)n2)c(C)s1. The van der Waals surface area contributed by atoms with Crippen LogP contribution in [-0.4, -0.2) is 21.0 Å². The van der Waals surface area contributed by atoms with Crippen molar-refractivity contribution in [2.75, 3.05) is 5.32 Å².